The van der Waals surface area contributed by atoms with Crippen molar-refractivity contribution < 1.29 is 8.42 Å². The van der Waals surface area contributed by atoms with Crippen LogP contribution >= 0.6 is 0 Å². The van der Waals surface area contributed by atoms with Gasteiger partial charge in [-0.1, -0.05) is 18.2 Å². The van der Waals surface area contributed by atoms with Crippen LogP contribution in [0, 0.1) is 20.8 Å². The normalized spacial score (nSPS) is 11.8. The molecular weight excluding hydrogens is 350 g/mol. The molecule has 0 saturated carbocycles. The Bertz CT molecular complexity index is 990. The third kappa shape index (κ3) is 3.71. The first-order chi connectivity index (χ1) is 12.4. The molecule has 26 heavy (non-hydrogen) atoms. The minimum atomic E-state index is -3.62. The Morgan fingerprint density at radius 3 is 2.46 bits per heavy atom. The summed E-state index contributed by atoms with van der Waals surface area (Å²) >= 11 is 0. The van der Waals surface area contributed by atoms with Gasteiger partial charge in [-0.25, -0.2) is 17.8 Å². The fourth-order valence-corrected chi connectivity index (χ4v) is 4.44. The molecule has 0 unspecified atom stereocenters. The molecule has 3 rings (SSSR count). The highest BCUT2D eigenvalue weighted by atomic mass is 32.2. The van der Waals surface area contributed by atoms with Gasteiger partial charge in [0.25, 0.3) is 0 Å². The average molecular weight is 373 g/mol. The lowest BCUT2D eigenvalue weighted by atomic mass is 10.3. The lowest BCUT2D eigenvalue weighted by Crippen LogP contribution is -2.26. The van der Waals surface area contributed by atoms with Crippen LogP contribution in [0.15, 0.2) is 47.5 Å². The smallest absolute Gasteiger partial charge is 0.244 e. The predicted octanol–water partition coefficient (Wildman–Crippen LogP) is 2.36. The molecule has 2 aromatic heterocycles. The molecule has 138 valence electrons. The van der Waals surface area contributed by atoms with Crippen LogP contribution < -0.4 is 4.72 Å². The molecule has 0 amide bonds. The Hall–Kier alpha value is -2.45. The van der Waals surface area contributed by atoms with Gasteiger partial charge in [0, 0.05) is 25.0 Å². The average Bonchev–Trinajstić information content (AvgIpc) is 3.15. The molecule has 0 fully saturated rings. The highest BCUT2D eigenvalue weighted by Gasteiger charge is 2.24. The number of sulfonamides is 1. The second kappa shape index (κ2) is 7.43. The molecule has 1 aromatic carbocycles. The number of aryl methyl sites for hydroxylation is 3. The van der Waals surface area contributed by atoms with Gasteiger partial charge >= 0.3 is 0 Å². The molecule has 0 spiro atoms. The van der Waals surface area contributed by atoms with Crippen LogP contribution in [0.4, 0.5) is 0 Å². The minimum Gasteiger partial charge on any atom is -0.270 e. The Labute approximate surface area is 153 Å². The van der Waals surface area contributed by atoms with Crippen molar-refractivity contribution in [2.75, 3.05) is 6.54 Å². The van der Waals surface area contributed by atoms with Crippen LogP contribution in [0.25, 0.3) is 5.69 Å². The highest BCUT2D eigenvalue weighted by molar-refractivity contribution is 7.89. The second-order valence-electron chi connectivity index (χ2n) is 6.19. The number of aromatic nitrogens is 4. The SMILES string of the molecule is Cc1nn(-c2ccccc2)c(C)c1S(=O)(=O)NCCCn1nccc1C. The molecule has 0 atom stereocenters. The number of hydrogen-bond donors (Lipinski definition) is 1. The molecule has 0 radical (unpaired) electrons. The van der Waals surface area contributed by atoms with Crippen molar-refractivity contribution in [3.05, 3.63) is 59.7 Å². The quantitative estimate of drug-likeness (QED) is 0.645. The van der Waals surface area contributed by atoms with Crippen LogP contribution in [0.2, 0.25) is 0 Å². The molecule has 0 aliphatic carbocycles. The van der Waals surface area contributed by atoms with E-state index >= 15 is 0 Å². The van der Waals surface area contributed by atoms with E-state index in [1.165, 1.54) is 0 Å². The Morgan fingerprint density at radius 1 is 1.08 bits per heavy atom. The first-order valence-corrected chi connectivity index (χ1v) is 9.98. The molecule has 0 aliphatic rings. The summed E-state index contributed by atoms with van der Waals surface area (Å²) < 4.78 is 31.7. The van der Waals surface area contributed by atoms with Gasteiger partial charge in [0.1, 0.15) is 4.90 Å². The van der Waals surface area contributed by atoms with E-state index in [1.807, 2.05) is 48.0 Å². The Balaban J connectivity index is 1.73. The fourth-order valence-electron chi connectivity index (χ4n) is 2.98. The summed E-state index contributed by atoms with van der Waals surface area (Å²) in [5.41, 5.74) is 2.98. The maximum Gasteiger partial charge on any atom is 0.244 e. The lowest BCUT2D eigenvalue weighted by Gasteiger charge is -2.09. The zero-order valence-electron chi connectivity index (χ0n) is 15.2. The number of para-hydroxylation sites is 1. The predicted molar refractivity (Wildman–Crippen MR) is 99.8 cm³/mol. The van der Waals surface area contributed by atoms with Crippen molar-refractivity contribution in [3.63, 3.8) is 0 Å². The van der Waals surface area contributed by atoms with Crippen LogP contribution in [-0.2, 0) is 16.6 Å². The monoisotopic (exact) mass is 373 g/mol. The van der Waals surface area contributed by atoms with Crippen molar-refractivity contribution in [1.29, 1.82) is 0 Å². The summed E-state index contributed by atoms with van der Waals surface area (Å²) in [5.74, 6) is 0. The first kappa shape index (κ1) is 18.3. The number of rotatable bonds is 7. The molecule has 0 aliphatic heterocycles. The third-order valence-corrected chi connectivity index (χ3v) is 5.97. The molecule has 7 nitrogen and oxygen atoms in total. The Kier molecular flexibility index (Phi) is 5.24. The van der Waals surface area contributed by atoms with Crippen LogP contribution in [0.5, 0.6) is 0 Å². The summed E-state index contributed by atoms with van der Waals surface area (Å²) in [4.78, 5) is 0.247. The molecule has 0 bridgehead atoms. The van der Waals surface area contributed by atoms with Crippen LogP contribution in [0.3, 0.4) is 0 Å². The van der Waals surface area contributed by atoms with Gasteiger partial charge in [0.2, 0.25) is 10.0 Å². The van der Waals surface area contributed by atoms with E-state index in [0.29, 0.717) is 30.9 Å². The van der Waals surface area contributed by atoms with E-state index in [9.17, 15) is 8.42 Å². The molecule has 1 N–H and O–H groups in total. The van der Waals surface area contributed by atoms with Crippen LogP contribution in [-0.4, -0.2) is 34.5 Å². The largest absolute Gasteiger partial charge is 0.270 e. The molecule has 3 aromatic rings. The zero-order valence-corrected chi connectivity index (χ0v) is 16.0. The molecule has 8 heteroatoms. The van der Waals surface area contributed by atoms with E-state index in [2.05, 4.69) is 14.9 Å². The van der Waals surface area contributed by atoms with Crippen molar-refractivity contribution in [2.45, 2.75) is 38.6 Å². The van der Waals surface area contributed by atoms with Crippen molar-refractivity contribution in [1.82, 2.24) is 24.3 Å². The summed E-state index contributed by atoms with van der Waals surface area (Å²) in [6, 6.07) is 11.4. The fraction of sp³-hybridized carbons (Fsp3) is 0.333. The molecule has 0 saturated heterocycles. The maximum atomic E-state index is 12.8. The van der Waals surface area contributed by atoms with Gasteiger partial charge < -0.3 is 0 Å². The van der Waals surface area contributed by atoms with E-state index < -0.39 is 10.0 Å². The van der Waals surface area contributed by atoms with E-state index in [0.717, 1.165) is 11.4 Å². The summed E-state index contributed by atoms with van der Waals surface area (Å²) in [7, 11) is -3.62. The van der Waals surface area contributed by atoms with Gasteiger partial charge in [-0.2, -0.15) is 10.2 Å². The van der Waals surface area contributed by atoms with Gasteiger partial charge in [-0.05, 0) is 45.4 Å². The van der Waals surface area contributed by atoms with Gasteiger partial charge in [0.15, 0.2) is 0 Å². The van der Waals surface area contributed by atoms with Crippen molar-refractivity contribution in [2.24, 2.45) is 0 Å². The third-order valence-electron chi connectivity index (χ3n) is 4.26. The standard InChI is InChI=1S/C18H23N5O2S/c1-14-10-12-19-22(14)13-7-11-20-26(24,25)18-15(2)21-23(16(18)3)17-8-5-4-6-9-17/h4-6,8-10,12,20H,7,11,13H2,1-3H3. The van der Waals surface area contributed by atoms with Gasteiger partial charge in [-0.3, -0.25) is 4.68 Å². The summed E-state index contributed by atoms with van der Waals surface area (Å²) in [5, 5.41) is 8.61. The van der Waals surface area contributed by atoms with Gasteiger partial charge in [0.05, 0.1) is 17.1 Å². The number of nitrogens with zero attached hydrogens (tertiary/aromatic N) is 4. The van der Waals surface area contributed by atoms with E-state index in [-0.39, 0.29) is 4.90 Å². The highest BCUT2D eigenvalue weighted by Crippen LogP contribution is 2.22. The van der Waals surface area contributed by atoms with E-state index in [4.69, 9.17) is 0 Å². The number of hydrogen-bond acceptors (Lipinski definition) is 4. The van der Waals surface area contributed by atoms with E-state index in [1.54, 1.807) is 24.7 Å². The zero-order chi connectivity index (χ0) is 18.7. The first-order valence-electron chi connectivity index (χ1n) is 8.50. The minimum absolute atomic E-state index is 0.247. The summed E-state index contributed by atoms with van der Waals surface area (Å²) in [6.45, 7) is 6.48. The molecular formula is C18H23N5O2S. The van der Waals surface area contributed by atoms with Crippen molar-refractivity contribution >= 4 is 10.0 Å². The van der Waals surface area contributed by atoms with Crippen molar-refractivity contribution in [3.8, 4) is 5.69 Å². The number of benzene rings is 1. The topological polar surface area (TPSA) is 81.8 Å². The van der Waals surface area contributed by atoms with Gasteiger partial charge in [-0.15, -0.1) is 0 Å². The molecule has 2 heterocycles. The second-order valence-corrected chi connectivity index (χ2v) is 7.90. The number of nitrogens with one attached hydrogen (secondary N) is 1. The summed E-state index contributed by atoms with van der Waals surface area (Å²) in [6.07, 6.45) is 2.40. The Morgan fingerprint density at radius 2 is 1.81 bits per heavy atom. The van der Waals surface area contributed by atoms with Crippen LogP contribution in [0.1, 0.15) is 23.5 Å². The maximum absolute atomic E-state index is 12.8. The lowest BCUT2D eigenvalue weighted by molar-refractivity contribution is 0.545.